The monoisotopic (exact) mass is 230 g/mol. The lowest BCUT2D eigenvalue weighted by Gasteiger charge is -2.44. The topological polar surface area (TPSA) is 61.8 Å². The normalized spacial score (nSPS) is 25.6. The van der Waals surface area contributed by atoms with E-state index >= 15 is 0 Å². The van der Waals surface area contributed by atoms with Crippen LogP contribution in [0, 0.1) is 0 Å². The van der Waals surface area contributed by atoms with Gasteiger partial charge in [-0.1, -0.05) is 0 Å². The van der Waals surface area contributed by atoms with Crippen LogP contribution in [0.25, 0.3) is 0 Å². The second-order valence-electron chi connectivity index (χ2n) is 4.98. The number of nitrogens with one attached hydrogen (secondary N) is 1. The Morgan fingerprint density at radius 2 is 2.31 bits per heavy atom. The zero-order valence-electron chi connectivity index (χ0n) is 10.3. The molecule has 2 N–H and O–H groups in total. The van der Waals surface area contributed by atoms with E-state index in [0.29, 0.717) is 6.61 Å². The Bertz CT molecular complexity index is 243. The maximum absolute atomic E-state index is 10.8. The standard InChI is InChI=1S/C11H22N2O3/c1-11(2)8-13(4-5-16-3)9(7-12-11)6-10(14)15/h9,12H,4-8H2,1-3H3,(H,14,15). The van der Waals surface area contributed by atoms with Crippen LogP contribution in [0.2, 0.25) is 0 Å². The lowest BCUT2D eigenvalue weighted by atomic mass is 9.97. The Kier molecular flexibility index (Phi) is 4.70. The van der Waals surface area contributed by atoms with Gasteiger partial charge in [0.05, 0.1) is 13.0 Å². The van der Waals surface area contributed by atoms with E-state index in [-0.39, 0.29) is 18.0 Å². The van der Waals surface area contributed by atoms with Crippen LogP contribution < -0.4 is 5.32 Å². The molecule has 0 aromatic rings. The second-order valence-corrected chi connectivity index (χ2v) is 4.98. The fraction of sp³-hybridized carbons (Fsp3) is 0.909. The highest BCUT2D eigenvalue weighted by Crippen LogP contribution is 2.16. The van der Waals surface area contributed by atoms with Gasteiger partial charge >= 0.3 is 5.97 Å². The predicted octanol–water partition coefficient (Wildman–Crippen LogP) is 0.160. The molecule has 0 saturated carbocycles. The molecule has 5 heteroatoms. The molecule has 0 spiro atoms. The molecule has 1 atom stereocenters. The van der Waals surface area contributed by atoms with Crippen LogP contribution >= 0.6 is 0 Å². The number of methoxy groups -OCH3 is 1. The highest BCUT2D eigenvalue weighted by molar-refractivity contribution is 5.67. The van der Waals surface area contributed by atoms with Gasteiger partial charge in [0, 0.05) is 38.3 Å². The van der Waals surface area contributed by atoms with Crippen molar-refractivity contribution in [3.63, 3.8) is 0 Å². The van der Waals surface area contributed by atoms with E-state index < -0.39 is 5.97 Å². The van der Waals surface area contributed by atoms with E-state index in [0.717, 1.165) is 19.6 Å². The number of hydrogen-bond acceptors (Lipinski definition) is 4. The Labute approximate surface area is 96.8 Å². The molecular weight excluding hydrogens is 208 g/mol. The number of ether oxygens (including phenoxy) is 1. The Balaban J connectivity index is 2.56. The van der Waals surface area contributed by atoms with Gasteiger partial charge in [0.25, 0.3) is 0 Å². The van der Waals surface area contributed by atoms with E-state index in [4.69, 9.17) is 9.84 Å². The van der Waals surface area contributed by atoms with Crippen LogP contribution in [0.1, 0.15) is 20.3 Å². The van der Waals surface area contributed by atoms with Gasteiger partial charge < -0.3 is 15.2 Å². The first-order chi connectivity index (χ1) is 7.44. The average Bonchev–Trinajstić information content (AvgIpc) is 2.17. The highest BCUT2D eigenvalue weighted by Gasteiger charge is 2.33. The molecule has 94 valence electrons. The molecule has 0 aromatic carbocycles. The number of aliphatic carboxylic acids is 1. The quantitative estimate of drug-likeness (QED) is 0.704. The number of carboxylic acids is 1. The maximum Gasteiger partial charge on any atom is 0.304 e. The minimum atomic E-state index is -0.742. The average molecular weight is 230 g/mol. The molecule has 1 unspecified atom stereocenters. The number of carboxylic acid groups (broad SMARTS) is 1. The van der Waals surface area contributed by atoms with Crippen LogP contribution in [0.4, 0.5) is 0 Å². The van der Waals surface area contributed by atoms with Gasteiger partial charge in [-0.05, 0) is 13.8 Å². The molecule has 1 heterocycles. The number of rotatable bonds is 5. The Morgan fingerprint density at radius 1 is 1.62 bits per heavy atom. The number of carbonyl (C=O) groups is 1. The summed E-state index contributed by atoms with van der Waals surface area (Å²) in [5.41, 5.74) is 0.0444. The SMILES string of the molecule is COCCN1CC(C)(C)NCC1CC(=O)O. The molecule has 1 saturated heterocycles. The van der Waals surface area contributed by atoms with Crippen LogP contribution in [0.5, 0.6) is 0 Å². The van der Waals surface area contributed by atoms with Crippen LogP contribution in [0.3, 0.4) is 0 Å². The Morgan fingerprint density at radius 3 is 2.88 bits per heavy atom. The van der Waals surface area contributed by atoms with E-state index in [1.54, 1.807) is 7.11 Å². The van der Waals surface area contributed by atoms with Gasteiger partial charge in [-0.25, -0.2) is 0 Å². The summed E-state index contributed by atoms with van der Waals surface area (Å²) in [4.78, 5) is 13.0. The first-order valence-corrected chi connectivity index (χ1v) is 5.64. The fourth-order valence-electron chi connectivity index (χ4n) is 2.09. The third-order valence-corrected chi connectivity index (χ3v) is 2.92. The summed E-state index contributed by atoms with van der Waals surface area (Å²) in [5.74, 6) is -0.742. The summed E-state index contributed by atoms with van der Waals surface area (Å²) < 4.78 is 5.06. The molecule has 1 aliphatic heterocycles. The lowest BCUT2D eigenvalue weighted by Crippen LogP contribution is -2.62. The zero-order chi connectivity index (χ0) is 12.2. The molecule has 5 nitrogen and oxygen atoms in total. The predicted molar refractivity (Wildman–Crippen MR) is 61.6 cm³/mol. The van der Waals surface area contributed by atoms with Gasteiger partial charge in [0.2, 0.25) is 0 Å². The summed E-state index contributed by atoms with van der Waals surface area (Å²) >= 11 is 0. The first-order valence-electron chi connectivity index (χ1n) is 5.64. The van der Waals surface area contributed by atoms with E-state index in [1.807, 2.05) is 0 Å². The number of piperazine rings is 1. The largest absolute Gasteiger partial charge is 0.481 e. The minimum Gasteiger partial charge on any atom is -0.481 e. The maximum atomic E-state index is 10.8. The van der Waals surface area contributed by atoms with Gasteiger partial charge in [-0.15, -0.1) is 0 Å². The summed E-state index contributed by atoms with van der Waals surface area (Å²) in [5, 5.41) is 12.2. The van der Waals surface area contributed by atoms with Crippen molar-refractivity contribution in [1.29, 1.82) is 0 Å². The second kappa shape index (κ2) is 5.61. The van der Waals surface area contributed by atoms with Gasteiger partial charge in [0.1, 0.15) is 0 Å². The van der Waals surface area contributed by atoms with Crippen molar-refractivity contribution in [2.24, 2.45) is 0 Å². The lowest BCUT2D eigenvalue weighted by molar-refractivity contribution is -0.139. The van der Waals surface area contributed by atoms with Crippen LogP contribution in [-0.4, -0.2) is 60.9 Å². The van der Waals surface area contributed by atoms with Crippen LogP contribution in [-0.2, 0) is 9.53 Å². The van der Waals surface area contributed by atoms with Crippen molar-refractivity contribution in [1.82, 2.24) is 10.2 Å². The zero-order valence-corrected chi connectivity index (χ0v) is 10.3. The van der Waals surface area contributed by atoms with Crippen molar-refractivity contribution in [2.45, 2.75) is 31.8 Å². The molecular formula is C11H22N2O3. The van der Waals surface area contributed by atoms with Gasteiger partial charge in [0.15, 0.2) is 0 Å². The molecule has 0 bridgehead atoms. The number of hydrogen-bond donors (Lipinski definition) is 2. The van der Waals surface area contributed by atoms with Crippen molar-refractivity contribution in [2.75, 3.05) is 33.4 Å². The molecule has 0 aromatic heterocycles. The van der Waals surface area contributed by atoms with E-state index in [1.165, 1.54) is 0 Å². The summed E-state index contributed by atoms with van der Waals surface area (Å²) in [6, 6.07) is 0.0701. The van der Waals surface area contributed by atoms with E-state index in [2.05, 4.69) is 24.1 Å². The fourth-order valence-corrected chi connectivity index (χ4v) is 2.09. The smallest absolute Gasteiger partial charge is 0.304 e. The summed E-state index contributed by atoms with van der Waals surface area (Å²) in [6.45, 7) is 7.27. The minimum absolute atomic E-state index is 0.0444. The molecule has 0 radical (unpaired) electrons. The van der Waals surface area contributed by atoms with Crippen molar-refractivity contribution in [3.8, 4) is 0 Å². The third-order valence-electron chi connectivity index (χ3n) is 2.92. The van der Waals surface area contributed by atoms with Crippen molar-refractivity contribution in [3.05, 3.63) is 0 Å². The molecule has 0 aliphatic carbocycles. The molecule has 1 fully saturated rings. The Hall–Kier alpha value is -0.650. The third kappa shape index (κ3) is 4.08. The van der Waals surface area contributed by atoms with Crippen molar-refractivity contribution < 1.29 is 14.6 Å². The molecule has 0 amide bonds. The van der Waals surface area contributed by atoms with Gasteiger partial charge in [-0.3, -0.25) is 9.69 Å². The molecule has 16 heavy (non-hydrogen) atoms. The number of nitrogens with zero attached hydrogens (tertiary/aromatic N) is 1. The summed E-state index contributed by atoms with van der Waals surface area (Å²) in [7, 11) is 1.67. The molecule has 1 rings (SSSR count). The van der Waals surface area contributed by atoms with Crippen molar-refractivity contribution >= 4 is 5.97 Å². The van der Waals surface area contributed by atoms with Crippen LogP contribution in [0.15, 0.2) is 0 Å². The highest BCUT2D eigenvalue weighted by atomic mass is 16.5. The first kappa shape index (κ1) is 13.4. The van der Waals surface area contributed by atoms with E-state index in [9.17, 15) is 4.79 Å². The summed E-state index contributed by atoms with van der Waals surface area (Å²) in [6.07, 6.45) is 0.187. The van der Waals surface area contributed by atoms with Gasteiger partial charge in [-0.2, -0.15) is 0 Å². The molecule has 1 aliphatic rings.